The van der Waals surface area contributed by atoms with Gasteiger partial charge in [0, 0.05) is 36.4 Å². The van der Waals surface area contributed by atoms with Crippen molar-refractivity contribution in [2.45, 2.75) is 65.8 Å². The molecule has 1 aliphatic rings. The van der Waals surface area contributed by atoms with Crippen LogP contribution in [0.3, 0.4) is 0 Å². The smallest absolute Gasteiger partial charge is 0.224 e. The van der Waals surface area contributed by atoms with Crippen LogP contribution in [0.1, 0.15) is 43.6 Å². The van der Waals surface area contributed by atoms with Crippen LogP contribution in [0.5, 0.6) is 0 Å². The molecule has 1 aromatic rings. The summed E-state index contributed by atoms with van der Waals surface area (Å²) in [6.07, 6.45) is 1.43. The van der Waals surface area contributed by atoms with Gasteiger partial charge < -0.3 is 15.4 Å². The molecule has 1 saturated heterocycles. The van der Waals surface area contributed by atoms with Gasteiger partial charge in [0.25, 0.3) is 0 Å². The number of ether oxygens (including phenoxy) is 1. The molecule has 128 valence electrons. The number of piperidine rings is 1. The van der Waals surface area contributed by atoms with Crippen molar-refractivity contribution in [2.24, 2.45) is 0 Å². The molecule has 2 atom stereocenters. The van der Waals surface area contributed by atoms with E-state index < -0.39 is 0 Å². The summed E-state index contributed by atoms with van der Waals surface area (Å²) in [5.41, 5.74) is 2.74. The maximum atomic E-state index is 12.3. The predicted octanol–water partition coefficient (Wildman–Crippen LogP) is 0.820. The summed E-state index contributed by atoms with van der Waals surface area (Å²) in [6.45, 7) is 8.73. The van der Waals surface area contributed by atoms with Crippen molar-refractivity contribution in [2.75, 3.05) is 6.61 Å². The lowest BCUT2D eigenvalue weighted by molar-refractivity contribution is -0.126. The summed E-state index contributed by atoms with van der Waals surface area (Å²) in [7, 11) is 0. The Morgan fingerprint density at radius 1 is 1.48 bits per heavy atom. The fourth-order valence-corrected chi connectivity index (χ4v) is 2.87. The Hall–Kier alpha value is -1.89. The first kappa shape index (κ1) is 17.5. The molecule has 2 heterocycles. The van der Waals surface area contributed by atoms with Crippen molar-refractivity contribution in [3.05, 3.63) is 17.0 Å². The van der Waals surface area contributed by atoms with Crippen LogP contribution in [0, 0.1) is 13.8 Å². The fourth-order valence-electron chi connectivity index (χ4n) is 2.87. The van der Waals surface area contributed by atoms with E-state index in [1.165, 1.54) is 0 Å². The van der Waals surface area contributed by atoms with Gasteiger partial charge >= 0.3 is 0 Å². The maximum Gasteiger partial charge on any atom is 0.224 e. The molecule has 1 aliphatic heterocycles. The molecule has 2 amide bonds. The molecule has 1 aromatic heterocycles. The van der Waals surface area contributed by atoms with Gasteiger partial charge in [-0.1, -0.05) is 0 Å². The molecule has 0 radical (unpaired) electrons. The third kappa shape index (κ3) is 4.31. The molecule has 2 unspecified atom stereocenters. The summed E-state index contributed by atoms with van der Waals surface area (Å²) in [6, 6.07) is -0.0534. The number of aromatic nitrogens is 2. The van der Waals surface area contributed by atoms with Crippen LogP contribution in [0.25, 0.3) is 0 Å². The maximum absolute atomic E-state index is 12.3. The van der Waals surface area contributed by atoms with E-state index in [1.807, 2.05) is 27.7 Å². The van der Waals surface area contributed by atoms with Gasteiger partial charge in [-0.25, -0.2) is 4.68 Å². The zero-order valence-electron chi connectivity index (χ0n) is 14.3. The Kier molecular flexibility index (Phi) is 5.76. The topological polar surface area (TPSA) is 85.2 Å². The van der Waals surface area contributed by atoms with Crippen LogP contribution < -0.4 is 10.6 Å². The Labute approximate surface area is 136 Å². The van der Waals surface area contributed by atoms with E-state index in [-0.39, 0.29) is 23.9 Å². The average Bonchev–Trinajstić information content (AvgIpc) is 2.75. The molecular formula is C16H26N4O3. The van der Waals surface area contributed by atoms with E-state index in [2.05, 4.69) is 15.7 Å². The van der Waals surface area contributed by atoms with E-state index in [1.54, 1.807) is 4.68 Å². The average molecular weight is 322 g/mol. The zero-order valence-corrected chi connectivity index (χ0v) is 14.3. The molecule has 1 fully saturated rings. The largest absolute Gasteiger partial charge is 0.360 e. The second-order valence-electron chi connectivity index (χ2n) is 6.02. The second kappa shape index (κ2) is 7.59. The Balaban J connectivity index is 1.97. The minimum Gasteiger partial charge on any atom is -0.360 e. The van der Waals surface area contributed by atoms with Crippen molar-refractivity contribution in [1.29, 1.82) is 0 Å². The highest BCUT2D eigenvalue weighted by atomic mass is 16.5. The fraction of sp³-hybridized carbons (Fsp3) is 0.688. The first-order chi connectivity index (χ1) is 10.9. The molecule has 0 aliphatic carbocycles. The van der Waals surface area contributed by atoms with Crippen molar-refractivity contribution in [3.63, 3.8) is 0 Å². The lowest BCUT2D eigenvalue weighted by Crippen LogP contribution is -2.54. The van der Waals surface area contributed by atoms with E-state index in [0.717, 1.165) is 17.0 Å². The highest BCUT2D eigenvalue weighted by molar-refractivity contribution is 5.81. The third-order valence-electron chi connectivity index (χ3n) is 4.31. The molecule has 0 bridgehead atoms. The van der Waals surface area contributed by atoms with Gasteiger partial charge in [-0.15, -0.1) is 0 Å². The summed E-state index contributed by atoms with van der Waals surface area (Å²) >= 11 is 0. The van der Waals surface area contributed by atoms with Gasteiger partial charge in [-0.3, -0.25) is 9.59 Å². The summed E-state index contributed by atoms with van der Waals surface area (Å²) < 4.78 is 7.16. The Morgan fingerprint density at radius 3 is 2.87 bits per heavy atom. The van der Waals surface area contributed by atoms with Crippen molar-refractivity contribution in [3.8, 4) is 0 Å². The predicted molar refractivity (Wildman–Crippen MR) is 85.8 cm³/mol. The standard InChI is InChI=1S/C16H26N4O3/c1-5-23-9-20-12(4)13(10(2)19-20)8-16(22)18-14-6-7-15(21)17-11(14)3/h11,14H,5-9H2,1-4H3,(H,17,21)(H,18,22). The summed E-state index contributed by atoms with van der Waals surface area (Å²) in [5, 5.41) is 10.3. The van der Waals surface area contributed by atoms with Crippen LogP contribution in [0.15, 0.2) is 0 Å². The number of amides is 2. The molecule has 7 nitrogen and oxygen atoms in total. The number of carbonyl (C=O) groups excluding carboxylic acids is 2. The highest BCUT2D eigenvalue weighted by Gasteiger charge is 2.27. The molecule has 0 aromatic carbocycles. The lowest BCUT2D eigenvalue weighted by Gasteiger charge is -2.30. The van der Waals surface area contributed by atoms with Crippen LogP contribution >= 0.6 is 0 Å². The van der Waals surface area contributed by atoms with Gasteiger partial charge in [0.2, 0.25) is 11.8 Å². The molecular weight excluding hydrogens is 296 g/mol. The van der Waals surface area contributed by atoms with Crippen LogP contribution in [0.4, 0.5) is 0 Å². The summed E-state index contributed by atoms with van der Waals surface area (Å²) in [5.74, 6) is 0.00653. The van der Waals surface area contributed by atoms with Gasteiger partial charge in [0.1, 0.15) is 6.73 Å². The first-order valence-corrected chi connectivity index (χ1v) is 8.11. The molecule has 7 heteroatoms. The number of rotatable bonds is 6. The number of carbonyl (C=O) groups is 2. The third-order valence-corrected chi connectivity index (χ3v) is 4.31. The molecule has 0 spiro atoms. The van der Waals surface area contributed by atoms with Crippen LogP contribution in [0.2, 0.25) is 0 Å². The Morgan fingerprint density at radius 2 is 2.22 bits per heavy atom. The van der Waals surface area contributed by atoms with E-state index >= 15 is 0 Å². The summed E-state index contributed by atoms with van der Waals surface area (Å²) in [4.78, 5) is 23.7. The number of hydrogen-bond acceptors (Lipinski definition) is 4. The molecule has 23 heavy (non-hydrogen) atoms. The minimum absolute atomic E-state index is 0.0146. The van der Waals surface area contributed by atoms with Gasteiger partial charge in [-0.2, -0.15) is 5.10 Å². The quantitative estimate of drug-likeness (QED) is 0.812. The van der Waals surface area contributed by atoms with Crippen LogP contribution in [-0.4, -0.2) is 40.3 Å². The Bertz CT molecular complexity index is 582. The van der Waals surface area contributed by atoms with Crippen molar-refractivity contribution >= 4 is 11.8 Å². The van der Waals surface area contributed by atoms with Crippen molar-refractivity contribution in [1.82, 2.24) is 20.4 Å². The molecule has 2 rings (SSSR count). The number of aryl methyl sites for hydroxylation is 1. The van der Waals surface area contributed by atoms with Gasteiger partial charge in [0.05, 0.1) is 12.1 Å². The zero-order chi connectivity index (χ0) is 17.0. The number of nitrogens with one attached hydrogen (secondary N) is 2. The normalized spacial score (nSPS) is 21.1. The SMILES string of the molecule is CCOCn1nc(C)c(CC(=O)NC2CCC(=O)NC2C)c1C. The first-order valence-electron chi connectivity index (χ1n) is 8.11. The van der Waals surface area contributed by atoms with E-state index in [0.29, 0.717) is 32.6 Å². The minimum atomic E-state index is -0.0415. The van der Waals surface area contributed by atoms with Gasteiger partial charge in [-0.05, 0) is 34.1 Å². The van der Waals surface area contributed by atoms with E-state index in [9.17, 15) is 9.59 Å². The molecule has 0 saturated carbocycles. The van der Waals surface area contributed by atoms with E-state index in [4.69, 9.17) is 4.74 Å². The van der Waals surface area contributed by atoms with Crippen molar-refractivity contribution < 1.29 is 14.3 Å². The lowest BCUT2D eigenvalue weighted by atomic mass is 9.99. The monoisotopic (exact) mass is 322 g/mol. The molecule has 2 N–H and O–H groups in total. The van der Waals surface area contributed by atoms with Crippen LogP contribution in [-0.2, 0) is 27.5 Å². The number of hydrogen-bond donors (Lipinski definition) is 2. The van der Waals surface area contributed by atoms with Gasteiger partial charge in [0.15, 0.2) is 0 Å². The highest BCUT2D eigenvalue weighted by Crippen LogP contribution is 2.15. The second-order valence-corrected chi connectivity index (χ2v) is 6.02. The number of nitrogens with zero attached hydrogens (tertiary/aromatic N) is 2.